The molecule has 0 aromatic heterocycles. The van der Waals surface area contributed by atoms with Crippen molar-refractivity contribution in [1.29, 1.82) is 0 Å². The largest absolute Gasteiger partial charge is 0.595 e. The van der Waals surface area contributed by atoms with Gasteiger partial charge < -0.3 is 14.7 Å². The van der Waals surface area contributed by atoms with Gasteiger partial charge in [-0.3, -0.25) is 4.79 Å². The molecule has 0 radical (unpaired) electrons. The number of ketones is 1. The molecule has 1 atom stereocenters. The van der Waals surface area contributed by atoms with Crippen LogP contribution in [0.3, 0.4) is 0 Å². The second kappa shape index (κ2) is 10.1. The van der Waals surface area contributed by atoms with Crippen LogP contribution < -0.4 is 14.7 Å². The lowest BCUT2D eigenvalue weighted by atomic mass is 9.91. The molecule has 0 aliphatic heterocycles. The minimum atomic E-state index is -6.57. The van der Waals surface area contributed by atoms with Crippen LogP contribution in [-0.2, 0) is 12.1 Å². The predicted octanol–water partition coefficient (Wildman–Crippen LogP) is 5.07. The van der Waals surface area contributed by atoms with Crippen molar-refractivity contribution in [2.75, 3.05) is 7.11 Å². The lowest BCUT2D eigenvalue weighted by molar-refractivity contribution is -0.991. The van der Waals surface area contributed by atoms with E-state index < -0.39 is 81.0 Å². The molecule has 2 N–H and O–H groups in total. The van der Waals surface area contributed by atoms with Crippen molar-refractivity contribution >= 4 is 23.1 Å². The third-order valence-corrected chi connectivity index (χ3v) is 4.97. The quantitative estimate of drug-likeness (QED) is 0.277. The monoisotopic (exact) mass is 541 g/mol. The maximum absolute atomic E-state index is 14.4. The van der Waals surface area contributed by atoms with E-state index in [0.29, 0.717) is 0 Å². The zero-order valence-electron chi connectivity index (χ0n) is 17.0. The topological polar surface area (TPSA) is 83.3 Å². The summed E-state index contributed by atoms with van der Waals surface area (Å²) >= 11 is 5.71. The molecule has 194 valence electrons. The Morgan fingerprint density at radius 1 is 1.11 bits per heavy atom. The molecule has 16 heteroatoms. The SMILES string of the molecule is COc1c(C(=O)Cc2c(Cl)cc(C(F)(C(F)(F)F)C(F)(F)F)cc2OC(F)F)cccc1[NH+]([O-])O. The molecule has 0 bridgehead atoms. The van der Waals surface area contributed by atoms with Crippen LogP contribution in [0.15, 0.2) is 30.3 Å². The van der Waals surface area contributed by atoms with Gasteiger partial charge in [-0.05, 0) is 18.2 Å². The molecule has 2 aromatic carbocycles. The first-order chi connectivity index (χ1) is 16.0. The van der Waals surface area contributed by atoms with E-state index in [9.17, 15) is 54.7 Å². The molecule has 2 rings (SSSR count). The van der Waals surface area contributed by atoms with Crippen LogP contribution in [0.4, 0.5) is 45.2 Å². The minimum absolute atomic E-state index is 0.117. The molecule has 0 heterocycles. The Hall–Kier alpha value is -2.75. The third kappa shape index (κ3) is 5.58. The first kappa shape index (κ1) is 28.5. The van der Waals surface area contributed by atoms with Gasteiger partial charge in [-0.15, -0.1) is 0 Å². The van der Waals surface area contributed by atoms with Crippen molar-refractivity contribution in [3.05, 3.63) is 57.3 Å². The number of halogens is 10. The number of hydrogen-bond donors (Lipinski definition) is 2. The number of nitrogens with one attached hydrogen (secondary N) is 1. The van der Waals surface area contributed by atoms with Crippen LogP contribution in [0.25, 0.3) is 0 Å². The van der Waals surface area contributed by atoms with Crippen LogP contribution >= 0.6 is 11.6 Å². The molecule has 1 unspecified atom stereocenters. The number of carbonyl (C=O) groups excluding carboxylic acids is 1. The standard InChI is InChI=1S/C19H13ClF9NO5/c1-34-15-9(3-2-4-12(15)30(32)33)13(31)7-10-11(20)5-8(6-14(10)35-16(21)22)17(23,18(24,25)26)19(27,28)29/h2-6,16,30,32H,7H2,1H3. The number of Topliss-reactive ketones (excluding diaryl/α,β-unsaturated/α-hetero) is 1. The molecule has 6 nitrogen and oxygen atoms in total. The number of benzene rings is 2. The summed E-state index contributed by atoms with van der Waals surface area (Å²) in [6.07, 6.45) is -14.2. The summed E-state index contributed by atoms with van der Waals surface area (Å²) in [6.45, 7) is -3.81. The highest BCUT2D eigenvalue weighted by molar-refractivity contribution is 6.32. The molecular weight excluding hydrogens is 529 g/mol. The second-order valence-electron chi connectivity index (χ2n) is 6.76. The molecule has 0 spiro atoms. The first-order valence-corrected chi connectivity index (χ1v) is 9.37. The lowest BCUT2D eigenvalue weighted by Gasteiger charge is -2.31. The van der Waals surface area contributed by atoms with Gasteiger partial charge in [-0.25, -0.2) is 9.60 Å². The highest BCUT2D eigenvalue weighted by Gasteiger charge is 2.73. The smallest absolute Gasteiger partial charge is 0.435 e. The Morgan fingerprint density at radius 3 is 2.14 bits per heavy atom. The number of para-hydroxylation sites is 1. The summed E-state index contributed by atoms with van der Waals surface area (Å²) < 4.78 is 128. The molecule has 0 saturated heterocycles. The van der Waals surface area contributed by atoms with Crippen molar-refractivity contribution in [2.24, 2.45) is 0 Å². The normalized spacial score (nSPS) is 13.7. The summed E-state index contributed by atoms with van der Waals surface area (Å²) in [5, 5.41) is 17.8. The van der Waals surface area contributed by atoms with Gasteiger partial charge in [0.25, 0.3) is 0 Å². The first-order valence-electron chi connectivity index (χ1n) is 8.99. The number of alkyl halides is 9. The van der Waals surface area contributed by atoms with E-state index in [2.05, 4.69) is 4.74 Å². The maximum atomic E-state index is 14.4. The number of quaternary nitrogens is 1. The fourth-order valence-electron chi connectivity index (χ4n) is 3.07. The molecule has 0 fully saturated rings. The van der Waals surface area contributed by atoms with Crippen LogP contribution in [0.1, 0.15) is 21.5 Å². The molecule has 0 amide bonds. The summed E-state index contributed by atoms with van der Waals surface area (Å²) in [7, 11) is 1.00. The minimum Gasteiger partial charge on any atom is -0.595 e. The Labute approximate surface area is 194 Å². The lowest BCUT2D eigenvalue weighted by Crippen LogP contribution is -2.99. The van der Waals surface area contributed by atoms with E-state index in [1.165, 1.54) is 0 Å². The summed E-state index contributed by atoms with van der Waals surface area (Å²) in [4.78, 5) is 12.8. The van der Waals surface area contributed by atoms with E-state index in [1.54, 1.807) is 0 Å². The Morgan fingerprint density at radius 2 is 1.69 bits per heavy atom. The van der Waals surface area contributed by atoms with Crippen LogP contribution in [-0.4, -0.2) is 37.1 Å². The molecular formula is C19H13ClF9NO5. The average Bonchev–Trinajstić information content (AvgIpc) is 2.72. The Balaban J connectivity index is 2.67. The highest BCUT2D eigenvalue weighted by atomic mass is 35.5. The van der Waals surface area contributed by atoms with Crippen molar-refractivity contribution < 1.29 is 64.2 Å². The van der Waals surface area contributed by atoms with Crippen molar-refractivity contribution in [3.63, 3.8) is 0 Å². The molecule has 2 aromatic rings. The van der Waals surface area contributed by atoms with Gasteiger partial charge in [0, 0.05) is 28.6 Å². The van der Waals surface area contributed by atoms with Crippen molar-refractivity contribution in [3.8, 4) is 11.5 Å². The van der Waals surface area contributed by atoms with Gasteiger partial charge in [-0.1, -0.05) is 17.7 Å². The van der Waals surface area contributed by atoms with Crippen LogP contribution in [0.2, 0.25) is 5.02 Å². The number of ether oxygens (including phenoxy) is 2. The van der Waals surface area contributed by atoms with E-state index >= 15 is 0 Å². The predicted molar refractivity (Wildman–Crippen MR) is 99.8 cm³/mol. The molecule has 0 saturated carbocycles. The fraction of sp³-hybridized carbons (Fsp3) is 0.316. The molecule has 0 aliphatic carbocycles. The van der Waals surface area contributed by atoms with Gasteiger partial charge in [-0.2, -0.15) is 40.3 Å². The highest BCUT2D eigenvalue weighted by Crippen LogP contribution is 2.54. The summed E-state index contributed by atoms with van der Waals surface area (Å²) in [5.74, 6) is -2.98. The maximum Gasteiger partial charge on any atom is 0.435 e. The number of rotatable bonds is 8. The van der Waals surface area contributed by atoms with E-state index in [-0.39, 0.29) is 12.1 Å². The summed E-state index contributed by atoms with van der Waals surface area (Å²) in [5.41, 5.74) is -9.94. The Kier molecular flexibility index (Phi) is 8.21. The Bertz CT molecular complexity index is 1080. The number of carbonyl (C=O) groups is 1. The van der Waals surface area contributed by atoms with Crippen LogP contribution in [0, 0.1) is 5.21 Å². The van der Waals surface area contributed by atoms with E-state index in [0.717, 1.165) is 25.3 Å². The van der Waals surface area contributed by atoms with Gasteiger partial charge in [0.2, 0.25) is 5.69 Å². The van der Waals surface area contributed by atoms with Crippen LogP contribution in [0.5, 0.6) is 11.5 Å². The summed E-state index contributed by atoms with van der Waals surface area (Å²) in [6, 6.07) is 2.83. The van der Waals surface area contributed by atoms with Gasteiger partial charge in [0.15, 0.2) is 11.5 Å². The van der Waals surface area contributed by atoms with Gasteiger partial charge in [0.05, 0.1) is 12.7 Å². The van der Waals surface area contributed by atoms with E-state index in [4.69, 9.17) is 16.3 Å². The van der Waals surface area contributed by atoms with Gasteiger partial charge >= 0.3 is 24.6 Å². The molecule has 0 aliphatic rings. The van der Waals surface area contributed by atoms with Crippen molar-refractivity contribution in [2.45, 2.75) is 31.1 Å². The zero-order chi connectivity index (χ0) is 26.9. The fourth-order valence-corrected chi connectivity index (χ4v) is 3.35. The number of methoxy groups -OCH3 is 1. The second-order valence-corrected chi connectivity index (χ2v) is 7.17. The third-order valence-electron chi connectivity index (χ3n) is 4.64. The molecule has 35 heavy (non-hydrogen) atoms. The van der Waals surface area contributed by atoms with E-state index in [1.807, 2.05) is 0 Å². The van der Waals surface area contributed by atoms with Crippen molar-refractivity contribution in [1.82, 2.24) is 0 Å². The zero-order valence-corrected chi connectivity index (χ0v) is 17.8. The number of hydrogen-bond acceptors (Lipinski definition) is 5. The van der Waals surface area contributed by atoms with Gasteiger partial charge in [0.1, 0.15) is 5.75 Å². The average molecular weight is 542 g/mol.